The highest BCUT2D eigenvalue weighted by Gasteiger charge is 2.34. The van der Waals surface area contributed by atoms with Crippen molar-refractivity contribution in [3.05, 3.63) is 76.3 Å². The van der Waals surface area contributed by atoms with Gasteiger partial charge in [0.05, 0.1) is 0 Å². The molecule has 0 aliphatic carbocycles. The van der Waals surface area contributed by atoms with Crippen molar-refractivity contribution in [1.82, 2.24) is 10.3 Å². The first-order valence-corrected chi connectivity index (χ1v) is 12.5. The smallest absolute Gasteiger partial charge is 0.248 e. The molecule has 1 heterocycles. The van der Waals surface area contributed by atoms with E-state index in [0.717, 1.165) is 16.7 Å². The molecule has 184 valence electrons. The lowest BCUT2D eigenvalue weighted by molar-refractivity contribution is -0.127. The highest BCUT2D eigenvalue weighted by atomic mass is 32.1. The number of hydrogen-bond donors (Lipinski definition) is 2. The molecule has 2 aromatic carbocycles. The van der Waals surface area contributed by atoms with E-state index in [-0.39, 0.29) is 36.6 Å². The number of anilines is 2. The maximum Gasteiger partial charge on any atom is 0.248 e. The molecule has 1 aromatic heterocycles. The molecule has 0 bridgehead atoms. The molecule has 0 saturated heterocycles. The van der Waals surface area contributed by atoms with Gasteiger partial charge in [-0.25, -0.2) is 4.98 Å². The first-order valence-electron chi connectivity index (χ1n) is 11.6. The quantitative estimate of drug-likeness (QED) is 0.435. The topological polar surface area (TPSA) is 91.4 Å². The number of rotatable bonds is 9. The molecule has 35 heavy (non-hydrogen) atoms. The van der Waals surface area contributed by atoms with Gasteiger partial charge in [-0.1, -0.05) is 47.5 Å². The Hall–Kier alpha value is -3.52. The maximum absolute atomic E-state index is 13.7. The number of nitrogens with one attached hydrogen (secondary N) is 2. The van der Waals surface area contributed by atoms with Crippen molar-refractivity contribution in [3.8, 4) is 0 Å². The fraction of sp³-hybridized carbons (Fsp3) is 0.333. The van der Waals surface area contributed by atoms with Gasteiger partial charge >= 0.3 is 0 Å². The normalized spacial score (nSPS) is 11.7. The predicted octanol–water partition coefficient (Wildman–Crippen LogP) is 5.09. The third kappa shape index (κ3) is 6.99. The number of thiazole rings is 1. The van der Waals surface area contributed by atoms with Crippen molar-refractivity contribution in [2.45, 2.75) is 59.5 Å². The van der Waals surface area contributed by atoms with Gasteiger partial charge < -0.3 is 10.6 Å². The number of carbonyl (C=O) groups excluding carboxylic acids is 3. The second-order valence-corrected chi connectivity index (χ2v) is 9.81. The van der Waals surface area contributed by atoms with Crippen LogP contribution >= 0.6 is 11.3 Å². The SMILES string of the molecule is Cc1ccc([C@H](C(=O)NC(C)C)N(C(=O)CCC(=O)Nc2nccs2)c2ccc(C)cc2C)cc1. The fourth-order valence-electron chi connectivity index (χ4n) is 3.83. The van der Waals surface area contributed by atoms with Gasteiger partial charge in [0.25, 0.3) is 0 Å². The maximum atomic E-state index is 13.7. The Balaban J connectivity index is 1.98. The predicted molar refractivity (Wildman–Crippen MR) is 141 cm³/mol. The summed E-state index contributed by atoms with van der Waals surface area (Å²) in [5.74, 6) is -0.882. The number of hydrogen-bond acceptors (Lipinski definition) is 5. The molecule has 1 atom stereocenters. The summed E-state index contributed by atoms with van der Waals surface area (Å²) in [5.41, 5.74) is 4.33. The summed E-state index contributed by atoms with van der Waals surface area (Å²) in [6.07, 6.45) is 1.53. The van der Waals surface area contributed by atoms with Gasteiger partial charge in [0.2, 0.25) is 17.7 Å². The summed E-state index contributed by atoms with van der Waals surface area (Å²) in [4.78, 5) is 45.2. The molecule has 7 nitrogen and oxygen atoms in total. The molecule has 0 saturated carbocycles. The van der Waals surface area contributed by atoms with Gasteiger partial charge in [-0.05, 0) is 51.8 Å². The molecule has 0 radical (unpaired) electrons. The Kier molecular flexibility index (Phi) is 8.76. The number of benzene rings is 2. The van der Waals surface area contributed by atoms with E-state index in [1.807, 2.05) is 77.1 Å². The van der Waals surface area contributed by atoms with E-state index >= 15 is 0 Å². The summed E-state index contributed by atoms with van der Waals surface area (Å²) < 4.78 is 0. The minimum atomic E-state index is -0.881. The Morgan fingerprint density at radius 2 is 1.66 bits per heavy atom. The molecular weight excluding hydrogens is 460 g/mol. The second kappa shape index (κ2) is 11.8. The number of carbonyl (C=O) groups is 3. The molecule has 0 fully saturated rings. The van der Waals surface area contributed by atoms with Gasteiger partial charge in [-0.15, -0.1) is 11.3 Å². The van der Waals surface area contributed by atoms with Crippen molar-refractivity contribution in [3.63, 3.8) is 0 Å². The fourth-order valence-corrected chi connectivity index (χ4v) is 4.38. The monoisotopic (exact) mass is 492 g/mol. The second-order valence-electron chi connectivity index (χ2n) is 8.92. The zero-order chi connectivity index (χ0) is 25.5. The van der Waals surface area contributed by atoms with Crippen LogP contribution < -0.4 is 15.5 Å². The zero-order valence-corrected chi connectivity index (χ0v) is 21.6. The van der Waals surface area contributed by atoms with Gasteiger partial charge in [-0.2, -0.15) is 0 Å². The highest BCUT2D eigenvalue weighted by molar-refractivity contribution is 7.13. The van der Waals surface area contributed by atoms with Crippen LogP contribution in [0, 0.1) is 20.8 Å². The molecule has 3 amide bonds. The number of nitrogens with zero attached hydrogens (tertiary/aromatic N) is 2. The van der Waals surface area contributed by atoms with Gasteiger partial charge in [0.15, 0.2) is 5.13 Å². The van der Waals surface area contributed by atoms with Crippen LogP contribution in [0.2, 0.25) is 0 Å². The number of amides is 3. The lowest BCUT2D eigenvalue weighted by Gasteiger charge is -2.33. The lowest BCUT2D eigenvalue weighted by atomic mass is 9.99. The Labute approximate surface area is 210 Å². The zero-order valence-electron chi connectivity index (χ0n) is 20.8. The van der Waals surface area contributed by atoms with E-state index < -0.39 is 6.04 Å². The van der Waals surface area contributed by atoms with Crippen molar-refractivity contribution in [2.24, 2.45) is 0 Å². The molecule has 3 rings (SSSR count). The van der Waals surface area contributed by atoms with Crippen LogP contribution in [0.15, 0.2) is 54.0 Å². The van der Waals surface area contributed by atoms with E-state index in [0.29, 0.717) is 16.4 Å². The average molecular weight is 493 g/mol. The first-order chi connectivity index (χ1) is 16.7. The standard InChI is InChI=1S/C27H32N4O3S/c1-17(2)29-26(34)25(21-9-6-18(3)7-10-21)31(22-11-8-19(4)16-20(22)5)24(33)13-12-23(32)30-27-28-14-15-35-27/h6-11,14-17,25H,12-13H2,1-5H3,(H,29,34)(H,28,30,32)/t25-/m1/s1. The van der Waals surface area contributed by atoms with Crippen LogP contribution in [0.3, 0.4) is 0 Å². The minimum Gasteiger partial charge on any atom is -0.352 e. The summed E-state index contributed by atoms with van der Waals surface area (Å²) in [6.45, 7) is 9.65. The van der Waals surface area contributed by atoms with Crippen LogP contribution in [-0.2, 0) is 14.4 Å². The highest BCUT2D eigenvalue weighted by Crippen LogP contribution is 2.32. The molecule has 0 aliphatic rings. The third-order valence-corrected chi connectivity index (χ3v) is 6.14. The van der Waals surface area contributed by atoms with E-state index in [9.17, 15) is 14.4 Å². The number of aryl methyl sites for hydroxylation is 3. The Morgan fingerprint density at radius 1 is 0.971 bits per heavy atom. The molecule has 0 spiro atoms. The van der Waals surface area contributed by atoms with Crippen molar-refractivity contribution in [1.29, 1.82) is 0 Å². The molecule has 0 unspecified atom stereocenters. The van der Waals surface area contributed by atoms with Gasteiger partial charge in [0.1, 0.15) is 6.04 Å². The van der Waals surface area contributed by atoms with Crippen LogP contribution in [0.25, 0.3) is 0 Å². The van der Waals surface area contributed by atoms with Crippen LogP contribution in [0.1, 0.15) is 55.0 Å². The van der Waals surface area contributed by atoms with Gasteiger partial charge in [-0.3, -0.25) is 19.3 Å². The van der Waals surface area contributed by atoms with Crippen LogP contribution in [-0.4, -0.2) is 28.7 Å². The van der Waals surface area contributed by atoms with E-state index in [1.165, 1.54) is 16.2 Å². The van der Waals surface area contributed by atoms with Crippen LogP contribution in [0.4, 0.5) is 10.8 Å². The van der Waals surface area contributed by atoms with E-state index in [1.54, 1.807) is 11.6 Å². The molecular formula is C27H32N4O3S. The molecule has 0 aliphatic heterocycles. The summed E-state index contributed by atoms with van der Waals surface area (Å²) in [5, 5.41) is 7.93. The number of aromatic nitrogens is 1. The Morgan fingerprint density at radius 3 is 2.26 bits per heavy atom. The Bertz CT molecular complexity index is 1170. The third-order valence-electron chi connectivity index (χ3n) is 5.46. The van der Waals surface area contributed by atoms with Crippen molar-refractivity contribution < 1.29 is 14.4 Å². The average Bonchev–Trinajstić information content (AvgIpc) is 3.30. The summed E-state index contributed by atoms with van der Waals surface area (Å²) in [7, 11) is 0. The van der Waals surface area contributed by atoms with E-state index in [4.69, 9.17) is 0 Å². The van der Waals surface area contributed by atoms with Crippen LogP contribution in [0.5, 0.6) is 0 Å². The minimum absolute atomic E-state index is 0.0216. The molecule has 8 heteroatoms. The van der Waals surface area contributed by atoms with Crippen molar-refractivity contribution in [2.75, 3.05) is 10.2 Å². The molecule has 2 N–H and O–H groups in total. The molecule has 3 aromatic rings. The van der Waals surface area contributed by atoms with E-state index in [2.05, 4.69) is 15.6 Å². The lowest BCUT2D eigenvalue weighted by Crippen LogP contribution is -2.46. The first kappa shape index (κ1) is 26.1. The summed E-state index contributed by atoms with van der Waals surface area (Å²) in [6, 6.07) is 12.4. The van der Waals surface area contributed by atoms with Crippen molar-refractivity contribution >= 4 is 39.9 Å². The van der Waals surface area contributed by atoms with Gasteiger partial charge in [0, 0.05) is 36.1 Å². The largest absolute Gasteiger partial charge is 0.352 e. The summed E-state index contributed by atoms with van der Waals surface area (Å²) >= 11 is 1.31.